The molecule has 86 valence electrons. The number of nitrogens with one attached hydrogen (secondary N) is 1. The zero-order valence-corrected chi connectivity index (χ0v) is 9.76. The molecule has 0 aromatic heterocycles. The third-order valence-electron chi connectivity index (χ3n) is 3.24. The van der Waals surface area contributed by atoms with Gasteiger partial charge in [0.2, 0.25) is 0 Å². The molecule has 0 heterocycles. The lowest BCUT2D eigenvalue weighted by Gasteiger charge is -2.33. The summed E-state index contributed by atoms with van der Waals surface area (Å²) in [7, 11) is 0. The van der Waals surface area contributed by atoms with Gasteiger partial charge in [0.05, 0.1) is 11.6 Å². The molecule has 0 radical (unpaired) electrons. The summed E-state index contributed by atoms with van der Waals surface area (Å²) < 4.78 is 0. The van der Waals surface area contributed by atoms with Crippen LogP contribution in [-0.2, 0) is 0 Å². The van der Waals surface area contributed by atoms with E-state index < -0.39 is 5.60 Å². The molecule has 2 N–H and O–H groups in total. The lowest BCUT2D eigenvalue weighted by Crippen LogP contribution is -2.45. The Balaban J connectivity index is 2.30. The molecule has 2 heteroatoms. The van der Waals surface area contributed by atoms with Crippen LogP contribution in [0.1, 0.15) is 51.9 Å². The normalized spacial score (nSPS) is 21.9. The average molecular weight is 209 g/mol. The van der Waals surface area contributed by atoms with Crippen LogP contribution in [0.15, 0.2) is 0 Å². The molecule has 1 aliphatic rings. The van der Waals surface area contributed by atoms with E-state index in [0.29, 0.717) is 6.54 Å². The molecule has 0 saturated heterocycles. The van der Waals surface area contributed by atoms with Gasteiger partial charge in [0.15, 0.2) is 0 Å². The van der Waals surface area contributed by atoms with Gasteiger partial charge in [-0.15, -0.1) is 6.42 Å². The second-order valence-corrected chi connectivity index (χ2v) is 4.67. The van der Waals surface area contributed by atoms with Crippen LogP contribution in [0.5, 0.6) is 0 Å². The van der Waals surface area contributed by atoms with Crippen LogP contribution in [-0.4, -0.2) is 23.3 Å². The summed E-state index contributed by atoms with van der Waals surface area (Å²) in [5.74, 6) is 2.74. The fraction of sp³-hybridized carbons (Fsp3) is 0.846. The first kappa shape index (κ1) is 12.5. The van der Waals surface area contributed by atoms with E-state index in [1.807, 2.05) is 0 Å². The molecule has 0 aromatic rings. The minimum Gasteiger partial charge on any atom is -0.389 e. The lowest BCUT2D eigenvalue weighted by atomic mass is 9.84. The van der Waals surface area contributed by atoms with Crippen molar-refractivity contribution in [3.63, 3.8) is 0 Å². The molecule has 1 saturated carbocycles. The smallest absolute Gasteiger partial charge is 0.0772 e. The van der Waals surface area contributed by atoms with Crippen molar-refractivity contribution in [3.8, 4) is 12.3 Å². The summed E-state index contributed by atoms with van der Waals surface area (Å²) in [5.41, 5.74) is -0.499. The highest BCUT2D eigenvalue weighted by Gasteiger charge is 2.29. The molecule has 0 spiro atoms. The Morgan fingerprint density at radius 1 is 1.40 bits per heavy atom. The highest BCUT2D eigenvalue weighted by atomic mass is 16.3. The summed E-state index contributed by atoms with van der Waals surface area (Å²) in [5, 5.41) is 13.5. The van der Waals surface area contributed by atoms with E-state index in [1.54, 1.807) is 0 Å². The predicted octanol–water partition coefficient (Wildman–Crippen LogP) is 2.07. The van der Waals surface area contributed by atoms with Crippen LogP contribution in [0.25, 0.3) is 0 Å². The Morgan fingerprint density at radius 3 is 2.60 bits per heavy atom. The van der Waals surface area contributed by atoms with Crippen molar-refractivity contribution in [1.82, 2.24) is 5.32 Å². The molecule has 1 fully saturated rings. The fourth-order valence-electron chi connectivity index (χ4n) is 2.23. The molecule has 0 bridgehead atoms. The van der Waals surface area contributed by atoms with Crippen LogP contribution in [0.2, 0.25) is 0 Å². The van der Waals surface area contributed by atoms with Crippen molar-refractivity contribution in [3.05, 3.63) is 0 Å². The maximum absolute atomic E-state index is 10.3. The van der Waals surface area contributed by atoms with Gasteiger partial charge in [-0.3, -0.25) is 0 Å². The summed E-state index contributed by atoms with van der Waals surface area (Å²) in [4.78, 5) is 0. The number of terminal acetylenes is 1. The topological polar surface area (TPSA) is 32.3 Å². The Bertz CT molecular complexity index is 213. The van der Waals surface area contributed by atoms with E-state index in [4.69, 9.17) is 6.42 Å². The third kappa shape index (κ3) is 4.24. The zero-order chi connectivity index (χ0) is 11.1. The van der Waals surface area contributed by atoms with Gasteiger partial charge in [-0.25, -0.2) is 0 Å². The van der Waals surface area contributed by atoms with Gasteiger partial charge in [-0.05, 0) is 19.3 Å². The standard InChI is InChI=1S/C13H23NO/c1-3-8-12(4-2)14-11-13(15)9-6-5-7-10-13/h2,12,14-15H,3,5-11H2,1H3. The van der Waals surface area contributed by atoms with Crippen molar-refractivity contribution < 1.29 is 5.11 Å². The van der Waals surface area contributed by atoms with Crippen molar-refractivity contribution in [2.24, 2.45) is 0 Å². The second kappa shape index (κ2) is 6.15. The highest BCUT2D eigenvalue weighted by Crippen LogP contribution is 2.27. The van der Waals surface area contributed by atoms with Gasteiger partial charge in [-0.2, -0.15) is 0 Å². The molecule has 0 aliphatic heterocycles. The van der Waals surface area contributed by atoms with Crippen molar-refractivity contribution >= 4 is 0 Å². The van der Waals surface area contributed by atoms with Crippen molar-refractivity contribution in [2.75, 3.05) is 6.54 Å². The van der Waals surface area contributed by atoms with Crippen LogP contribution >= 0.6 is 0 Å². The molecule has 15 heavy (non-hydrogen) atoms. The van der Waals surface area contributed by atoms with E-state index in [2.05, 4.69) is 18.2 Å². The molecule has 1 unspecified atom stereocenters. The third-order valence-corrected chi connectivity index (χ3v) is 3.24. The summed E-state index contributed by atoms with van der Waals surface area (Å²) in [6.45, 7) is 2.78. The van der Waals surface area contributed by atoms with Crippen molar-refractivity contribution in [1.29, 1.82) is 0 Å². The largest absolute Gasteiger partial charge is 0.389 e. The van der Waals surface area contributed by atoms with Gasteiger partial charge >= 0.3 is 0 Å². The average Bonchev–Trinajstić information content (AvgIpc) is 2.25. The van der Waals surface area contributed by atoms with Crippen LogP contribution < -0.4 is 5.32 Å². The first-order chi connectivity index (χ1) is 7.20. The van der Waals surface area contributed by atoms with E-state index >= 15 is 0 Å². The summed E-state index contributed by atoms with van der Waals surface area (Å²) >= 11 is 0. The van der Waals surface area contributed by atoms with E-state index in [0.717, 1.165) is 38.5 Å². The van der Waals surface area contributed by atoms with E-state index in [9.17, 15) is 5.11 Å². The van der Waals surface area contributed by atoms with Crippen LogP contribution in [0.3, 0.4) is 0 Å². The Labute approximate surface area is 93.5 Å². The van der Waals surface area contributed by atoms with Gasteiger partial charge in [0, 0.05) is 6.54 Å². The SMILES string of the molecule is C#CC(CCC)NCC1(O)CCCCC1. The Hall–Kier alpha value is -0.520. The molecule has 1 aliphatic carbocycles. The molecular formula is C13H23NO. The van der Waals surface area contributed by atoms with Gasteiger partial charge in [0.25, 0.3) is 0 Å². The van der Waals surface area contributed by atoms with E-state index in [-0.39, 0.29) is 6.04 Å². The lowest BCUT2D eigenvalue weighted by molar-refractivity contribution is 0.00371. The number of hydrogen-bond acceptors (Lipinski definition) is 2. The summed E-state index contributed by atoms with van der Waals surface area (Å²) in [6.07, 6.45) is 12.9. The van der Waals surface area contributed by atoms with Crippen LogP contribution in [0, 0.1) is 12.3 Å². The molecule has 0 amide bonds. The summed E-state index contributed by atoms with van der Waals surface area (Å²) in [6, 6.07) is 0.126. The zero-order valence-electron chi connectivity index (χ0n) is 9.76. The minimum atomic E-state index is -0.499. The van der Waals surface area contributed by atoms with Gasteiger partial charge in [0.1, 0.15) is 0 Å². The first-order valence-corrected chi connectivity index (χ1v) is 6.12. The molecule has 2 nitrogen and oxygen atoms in total. The fourth-order valence-corrected chi connectivity index (χ4v) is 2.23. The minimum absolute atomic E-state index is 0.126. The highest BCUT2D eigenvalue weighted by molar-refractivity contribution is 4.99. The molecular weight excluding hydrogens is 186 g/mol. The number of aliphatic hydroxyl groups is 1. The number of hydrogen-bond donors (Lipinski definition) is 2. The van der Waals surface area contributed by atoms with Gasteiger partial charge < -0.3 is 10.4 Å². The molecule has 1 rings (SSSR count). The van der Waals surface area contributed by atoms with Gasteiger partial charge in [-0.1, -0.05) is 38.5 Å². The first-order valence-electron chi connectivity index (χ1n) is 6.12. The molecule has 0 aromatic carbocycles. The number of rotatable bonds is 5. The second-order valence-electron chi connectivity index (χ2n) is 4.67. The Morgan fingerprint density at radius 2 is 2.07 bits per heavy atom. The van der Waals surface area contributed by atoms with Crippen LogP contribution in [0.4, 0.5) is 0 Å². The molecule has 1 atom stereocenters. The Kier molecular flexibility index (Phi) is 5.14. The quantitative estimate of drug-likeness (QED) is 0.679. The maximum atomic E-state index is 10.3. The maximum Gasteiger partial charge on any atom is 0.0772 e. The monoisotopic (exact) mass is 209 g/mol. The van der Waals surface area contributed by atoms with E-state index in [1.165, 1.54) is 6.42 Å². The van der Waals surface area contributed by atoms with Crippen molar-refractivity contribution in [2.45, 2.75) is 63.5 Å². The predicted molar refractivity (Wildman–Crippen MR) is 63.6 cm³/mol.